The highest BCUT2D eigenvalue weighted by atomic mass is 19.1. The van der Waals surface area contributed by atoms with Crippen LogP contribution in [0.4, 0.5) is 10.1 Å². The predicted octanol–water partition coefficient (Wildman–Crippen LogP) is 3.00. The molecule has 2 unspecified atom stereocenters. The number of ether oxygens (including phenoxy) is 3. The van der Waals surface area contributed by atoms with Crippen LogP contribution in [0.25, 0.3) is 10.8 Å². The molecule has 0 amide bonds. The second kappa shape index (κ2) is 8.84. The van der Waals surface area contributed by atoms with E-state index in [-0.39, 0.29) is 18.6 Å². The standard InChI is InChI=1S/C25H26FN3O6/c1-14-18(26)4-3-5-19(14)34-13-25(2)17(12-21(30)31)23-22-16(24(32)28-27-23)10-15(11-20(22)35-25)29-6-8-33-9-7-29/h3-5,10-11,17H,6-9,12-13H2,1-2H3,(H,28,32)(H,30,31). The van der Waals surface area contributed by atoms with Gasteiger partial charge in [0.25, 0.3) is 5.56 Å². The van der Waals surface area contributed by atoms with E-state index in [1.54, 1.807) is 32.0 Å². The first-order chi connectivity index (χ1) is 16.8. The number of benzene rings is 2. The molecule has 2 aliphatic heterocycles. The maximum Gasteiger partial charge on any atom is 0.304 e. The smallest absolute Gasteiger partial charge is 0.304 e. The molecule has 10 heteroatoms. The lowest BCUT2D eigenvalue weighted by Crippen LogP contribution is -2.48. The summed E-state index contributed by atoms with van der Waals surface area (Å²) in [6.07, 6.45) is -0.291. The molecule has 0 aliphatic carbocycles. The fourth-order valence-electron chi connectivity index (χ4n) is 4.80. The number of hydrogen-bond donors (Lipinski definition) is 2. The van der Waals surface area contributed by atoms with E-state index < -0.39 is 23.3 Å². The zero-order valence-electron chi connectivity index (χ0n) is 19.5. The van der Waals surface area contributed by atoms with Gasteiger partial charge in [-0.3, -0.25) is 9.59 Å². The van der Waals surface area contributed by atoms with E-state index in [1.807, 2.05) is 6.07 Å². The maximum atomic E-state index is 14.1. The summed E-state index contributed by atoms with van der Waals surface area (Å²) in [5.41, 5.74) is 0.0406. The van der Waals surface area contributed by atoms with Gasteiger partial charge >= 0.3 is 5.97 Å². The normalized spacial score (nSPS) is 21.6. The summed E-state index contributed by atoms with van der Waals surface area (Å²) in [5.74, 6) is -1.39. The number of aromatic amines is 1. The van der Waals surface area contributed by atoms with Crippen LogP contribution in [0.5, 0.6) is 11.5 Å². The SMILES string of the molecule is Cc1c(F)cccc1OCC1(C)Oc2cc(N3CCOCC3)cc3c(=O)[nH]nc(c23)C1CC(=O)O. The lowest BCUT2D eigenvalue weighted by Gasteiger charge is -2.41. The Labute approximate surface area is 200 Å². The molecule has 9 nitrogen and oxygen atoms in total. The molecule has 2 atom stereocenters. The molecular weight excluding hydrogens is 457 g/mol. The van der Waals surface area contributed by atoms with Crippen molar-refractivity contribution in [3.8, 4) is 11.5 Å². The summed E-state index contributed by atoms with van der Waals surface area (Å²) >= 11 is 0. The molecule has 2 N–H and O–H groups in total. The third-order valence-corrected chi connectivity index (χ3v) is 6.76. The van der Waals surface area contributed by atoms with Crippen LogP contribution in [-0.4, -0.2) is 59.8 Å². The van der Waals surface area contributed by atoms with Crippen LogP contribution in [0.1, 0.15) is 30.5 Å². The van der Waals surface area contributed by atoms with Crippen molar-refractivity contribution in [1.82, 2.24) is 10.2 Å². The van der Waals surface area contributed by atoms with Gasteiger partial charge in [-0.15, -0.1) is 0 Å². The van der Waals surface area contributed by atoms with Gasteiger partial charge in [-0.1, -0.05) is 6.07 Å². The van der Waals surface area contributed by atoms with E-state index in [9.17, 15) is 19.1 Å². The second-order valence-electron chi connectivity index (χ2n) is 9.12. The number of rotatable bonds is 6. The van der Waals surface area contributed by atoms with Gasteiger partial charge in [-0.2, -0.15) is 5.10 Å². The molecule has 5 rings (SSSR count). The Balaban J connectivity index is 1.60. The second-order valence-corrected chi connectivity index (χ2v) is 9.12. The van der Waals surface area contributed by atoms with Crippen LogP contribution in [0.15, 0.2) is 35.1 Å². The number of aliphatic carboxylic acids is 1. The van der Waals surface area contributed by atoms with E-state index in [4.69, 9.17) is 14.2 Å². The van der Waals surface area contributed by atoms with Gasteiger partial charge in [0.1, 0.15) is 29.5 Å². The van der Waals surface area contributed by atoms with E-state index in [2.05, 4.69) is 15.1 Å². The quantitative estimate of drug-likeness (QED) is 0.550. The van der Waals surface area contributed by atoms with Crippen LogP contribution < -0.4 is 19.9 Å². The highest BCUT2D eigenvalue weighted by molar-refractivity contribution is 5.94. The average Bonchev–Trinajstić information content (AvgIpc) is 2.84. The number of halogens is 1. The molecule has 0 saturated carbocycles. The van der Waals surface area contributed by atoms with Gasteiger partial charge < -0.3 is 24.2 Å². The molecule has 1 fully saturated rings. The zero-order chi connectivity index (χ0) is 24.7. The molecule has 1 saturated heterocycles. The molecule has 35 heavy (non-hydrogen) atoms. The Morgan fingerprint density at radius 3 is 2.86 bits per heavy atom. The number of carboxylic acids is 1. The minimum Gasteiger partial charge on any atom is -0.489 e. The largest absolute Gasteiger partial charge is 0.489 e. The summed E-state index contributed by atoms with van der Waals surface area (Å²) in [6, 6.07) is 8.18. The van der Waals surface area contributed by atoms with E-state index in [0.717, 1.165) is 5.69 Å². The fraction of sp³-hybridized carbons (Fsp3) is 0.400. The first-order valence-electron chi connectivity index (χ1n) is 11.4. The van der Waals surface area contributed by atoms with Gasteiger partial charge in [0.05, 0.1) is 42.0 Å². The maximum absolute atomic E-state index is 14.1. The number of nitrogens with zero attached hydrogens (tertiary/aromatic N) is 2. The monoisotopic (exact) mass is 483 g/mol. The number of carboxylic acid groups (broad SMARTS) is 1. The third kappa shape index (κ3) is 4.18. The number of aromatic nitrogens is 2. The lowest BCUT2D eigenvalue weighted by atomic mass is 9.80. The number of anilines is 1. The highest BCUT2D eigenvalue weighted by Gasteiger charge is 2.46. The molecule has 2 aliphatic rings. The topological polar surface area (TPSA) is 114 Å². The van der Waals surface area contributed by atoms with E-state index in [1.165, 1.54) is 6.07 Å². The van der Waals surface area contributed by atoms with Gasteiger partial charge in [-0.25, -0.2) is 9.49 Å². The summed E-state index contributed by atoms with van der Waals surface area (Å²) in [5, 5.41) is 17.3. The summed E-state index contributed by atoms with van der Waals surface area (Å²) in [7, 11) is 0. The number of hydrogen-bond acceptors (Lipinski definition) is 7. The predicted molar refractivity (Wildman–Crippen MR) is 126 cm³/mol. The number of nitrogens with one attached hydrogen (secondary N) is 1. The van der Waals surface area contributed by atoms with Crippen LogP contribution in [-0.2, 0) is 9.53 Å². The molecule has 0 radical (unpaired) electrons. The summed E-state index contributed by atoms with van der Waals surface area (Å²) in [4.78, 5) is 26.7. The third-order valence-electron chi connectivity index (χ3n) is 6.76. The van der Waals surface area contributed by atoms with Gasteiger partial charge in [0.2, 0.25) is 0 Å². The summed E-state index contributed by atoms with van der Waals surface area (Å²) < 4.78 is 31.9. The molecular formula is C25H26FN3O6. The van der Waals surface area contributed by atoms with Crippen molar-refractivity contribution in [3.63, 3.8) is 0 Å². The van der Waals surface area contributed by atoms with E-state index >= 15 is 0 Å². The van der Waals surface area contributed by atoms with Crippen LogP contribution in [0, 0.1) is 12.7 Å². The molecule has 3 heterocycles. The lowest BCUT2D eigenvalue weighted by molar-refractivity contribution is -0.139. The number of morpholine rings is 1. The van der Waals surface area contributed by atoms with Gasteiger partial charge in [0.15, 0.2) is 0 Å². The van der Waals surface area contributed by atoms with E-state index in [0.29, 0.717) is 59.8 Å². The molecule has 3 aromatic rings. The number of carbonyl (C=O) groups is 1. The first-order valence-corrected chi connectivity index (χ1v) is 11.4. The van der Waals surface area contributed by atoms with Crippen molar-refractivity contribution < 1.29 is 28.5 Å². The average molecular weight is 483 g/mol. The Bertz CT molecular complexity index is 1350. The van der Waals surface area contributed by atoms with Crippen molar-refractivity contribution in [2.75, 3.05) is 37.8 Å². The Morgan fingerprint density at radius 1 is 1.34 bits per heavy atom. The van der Waals surface area contributed by atoms with Gasteiger partial charge in [-0.05, 0) is 32.0 Å². The Hall–Kier alpha value is -3.66. The zero-order valence-corrected chi connectivity index (χ0v) is 19.5. The molecule has 0 spiro atoms. The molecule has 184 valence electrons. The summed E-state index contributed by atoms with van der Waals surface area (Å²) in [6.45, 7) is 5.79. The minimum atomic E-state index is -1.16. The van der Waals surface area contributed by atoms with Crippen molar-refractivity contribution in [3.05, 3.63) is 57.8 Å². The molecule has 0 bridgehead atoms. The van der Waals surface area contributed by atoms with Crippen molar-refractivity contribution in [1.29, 1.82) is 0 Å². The molecule has 1 aromatic heterocycles. The van der Waals surface area contributed by atoms with Crippen LogP contribution in [0.2, 0.25) is 0 Å². The molecule has 2 aromatic carbocycles. The highest BCUT2D eigenvalue weighted by Crippen LogP contribution is 2.47. The van der Waals surface area contributed by atoms with Crippen LogP contribution in [0.3, 0.4) is 0 Å². The Morgan fingerprint density at radius 2 is 2.11 bits per heavy atom. The van der Waals surface area contributed by atoms with Crippen molar-refractivity contribution in [2.24, 2.45) is 0 Å². The fourth-order valence-corrected chi connectivity index (χ4v) is 4.80. The number of H-pyrrole nitrogens is 1. The van der Waals surface area contributed by atoms with Gasteiger partial charge in [0, 0.05) is 30.4 Å². The van der Waals surface area contributed by atoms with Crippen molar-refractivity contribution >= 4 is 22.4 Å². The Kier molecular flexibility index (Phi) is 5.84. The minimum absolute atomic E-state index is 0.0568. The first kappa shape index (κ1) is 23.1. The van der Waals surface area contributed by atoms with Crippen molar-refractivity contribution in [2.45, 2.75) is 31.8 Å². The van der Waals surface area contributed by atoms with Crippen LogP contribution >= 0.6 is 0 Å².